The summed E-state index contributed by atoms with van der Waals surface area (Å²) in [5.41, 5.74) is 2.05. The number of ether oxygens (including phenoxy) is 1. The van der Waals surface area contributed by atoms with E-state index in [0.717, 1.165) is 11.1 Å². The van der Waals surface area contributed by atoms with Gasteiger partial charge < -0.3 is 10.1 Å². The second kappa shape index (κ2) is 7.55. The zero-order valence-electron chi connectivity index (χ0n) is 12.3. The van der Waals surface area contributed by atoms with E-state index >= 15 is 0 Å². The van der Waals surface area contributed by atoms with Gasteiger partial charge in [0.15, 0.2) is 0 Å². The highest BCUT2D eigenvalue weighted by atomic mass is 16.5. The van der Waals surface area contributed by atoms with Gasteiger partial charge in [-0.2, -0.15) is 0 Å². The van der Waals surface area contributed by atoms with Gasteiger partial charge >= 0.3 is 5.97 Å². The van der Waals surface area contributed by atoms with Crippen molar-refractivity contribution in [2.45, 2.75) is 18.9 Å². The zero-order valence-corrected chi connectivity index (χ0v) is 12.3. The molecule has 4 heteroatoms. The fourth-order valence-corrected chi connectivity index (χ4v) is 2.21. The highest BCUT2D eigenvalue weighted by Crippen LogP contribution is 2.18. The van der Waals surface area contributed by atoms with E-state index in [1.165, 1.54) is 7.11 Å². The number of hydrogen-bond acceptors (Lipinski definition) is 4. The Morgan fingerprint density at radius 2 is 1.90 bits per heavy atom. The smallest absolute Gasteiger partial charge is 0.314 e. The fourth-order valence-electron chi connectivity index (χ4n) is 2.21. The number of carbonyl (C=O) groups excluding carboxylic acids is 1. The van der Waals surface area contributed by atoms with Crippen molar-refractivity contribution in [1.82, 2.24) is 10.3 Å². The van der Waals surface area contributed by atoms with Crippen LogP contribution in [0.2, 0.25) is 0 Å². The molecule has 0 amide bonds. The Bertz CT molecular complexity index is 558. The van der Waals surface area contributed by atoms with Gasteiger partial charge in [-0.3, -0.25) is 9.78 Å². The van der Waals surface area contributed by atoms with Gasteiger partial charge in [-0.1, -0.05) is 36.4 Å². The molecule has 4 nitrogen and oxygen atoms in total. The van der Waals surface area contributed by atoms with E-state index in [-0.39, 0.29) is 17.9 Å². The van der Waals surface area contributed by atoms with Gasteiger partial charge in [-0.25, -0.2) is 0 Å². The first-order chi connectivity index (χ1) is 10.2. The number of hydrogen-bond donors (Lipinski definition) is 1. The Balaban J connectivity index is 2.05. The minimum absolute atomic E-state index is 0.120. The molecule has 1 N–H and O–H groups in total. The summed E-state index contributed by atoms with van der Waals surface area (Å²) < 4.78 is 4.91. The normalized spacial score (nSPS) is 13.4. The highest BCUT2D eigenvalue weighted by molar-refractivity contribution is 5.78. The molecular formula is C17H20N2O2. The number of rotatable bonds is 6. The molecule has 110 valence electrons. The Morgan fingerprint density at radius 1 is 1.19 bits per heavy atom. The second-order valence-electron chi connectivity index (χ2n) is 4.90. The molecule has 0 radical (unpaired) electrons. The summed E-state index contributed by atoms with van der Waals surface area (Å²) in [7, 11) is 1.42. The van der Waals surface area contributed by atoms with E-state index in [1.807, 2.05) is 48.7 Å². The number of pyridine rings is 1. The molecule has 2 atom stereocenters. The van der Waals surface area contributed by atoms with Gasteiger partial charge in [0.05, 0.1) is 13.0 Å². The Hall–Kier alpha value is -2.20. The molecule has 21 heavy (non-hydrogen) atoms. The molecule has 0 fully saturated rings. The van der Waals surface area contributed by atoms with Gasteiger partial charge in [0.25, 0.3) is 0 Å². The van der Waals surface area contributed by atoms with Crippen LogP contribution in [0.5, 0.6) is 0 Å². The van der Waals surface area contributed by atoms with Crippen molar-refractivity contribution >= 4 is 5.97 Å². The number of benzene rings is 1. The summed E-state index contributed by atoms with van der Waals surface area (Å²) in [6.07, 6.45) is 3.57. The third-order valence-corrected chi connectivity index (χ3v) is 3.50. The van der Waals surface area contributed by atoms with Crippen molar-refractivity contribution in [3.8, 4) is 0 Å². The van der Waals surface area contributed by atoms with Crippen molar-refractivity contribution in [3.63, 3.8) is 0 Å². The molecule has 0 aliphatic heterocycles. The van der Waals surface area contributed by atoms with Crippen molar-refractivity contribution in [2.75, 3.05) is 13.7 Å². The van der Waals surface area contributed by atoms with Crippen LogP contribution in [-0.4, -0.2) is 24.6 Å². The molecule has 0 saturated heterocycles. The van der Waals surface area contributed by atoms with Gasteiger partial charge in [0.2, 0.25) is 0 Å². The average molecular weight is 284 g/mol. The lowest BCUT2D eigenvalue weighted by atomic mass is 9.98. The quantitative estimate of drug-likeness (QED) is 0.829. The van der Waals surface area contributed by atoms with Crippen LogP contribution in [0.25, 0.3) is 0 Å². The molecule has 2 aromatic rings. The van der Waals surface area contributed by atoms with Crippen LogP contribution >= 0.6 is 0 Å². The minimum Gasteiger partial charge on any atom is -0.469 e. The first-order valence-corrected chi connectivity index (χ1v) is 6.98. The number of esters is 1. The molecule has 1 aromatic heterocycles. The maximum atomic E-state index is 12.0. The standard InChI is InChI=1S/C17H20N2O2/c1-13(15-9-6-10-18-11-15)19-12-16(17(20)21-2)14-7-4-3-5-8-14/h3-11,13,16,19H,12H2,1-2H3. The largest absolute Gasteiger partial charge is 0.469 e. The van der Waals surface area contributed by atoms with Crippen molar-refractivity contribution in [2.24, 2.45) is 0 Å². The molecule has 1 aromatic carbocycles. The predicted molar refractivity (Wildman–Crippen MR) is 81.9 cm³/mol. The van der Waals surface area contributed by atoms with E-state index in [4.69, 9.17) is 4.74 Å². The second-order valence-corrected chi connectivity index (χ2v) is 4.90. The van der Waals surface area contributed by atoms with Crippen LogP contribution in [-0.2, 0) is 9.53 Å². The molecular weight excluding hydrogens is 264 g/mol. The molecule has 0 aliphatic rings. The monoisotopic (exact) mass is 284 g/mol. The van der Waals surface area contributed by atoms with Crippen LogP contribution in [0.1, 0.15) is 30.0 Å². The lowest BCUT2D eigenvalue weighted by Gasteiger charge is -2.19. The summed E-state index contributed by atoms with van der Waals surface area (Å²) in [6.45, 7) is 2.57. The molecule has 0 aliphatic carbocycles. The first kappa shape index (κ1) is 15.2. The van der Waals surface area contributed by atoms with Gasteiger partial charge in [-0.05, 0) is 24.1 Å². The number of methoxy groups -OCH3 is 1. The maximum absolute atomic E-state index is 12.0. The lowest BCUT2D eigenvalue weighted by molar-refractivity contribution is -0.142. The third kappa shape index (κ3) is 4.13. The first-order valence-electron chi connectivity index (χ1n) is 6.98. The molecule has 1 heterocycles. The third-order valence-electron chi connectivity index (χ3n) is 3.50. The van der Waals surface area contributed by atoms with E-state index in [1.54, 1.807) is 6.20 Å². The van der Waals surface area contributed by atoms with Crippen LogP contribution in [0.3, 0.4) is 0 Å². The summed E-state index contributed by atoms with van der Waals surface area (Å²) >= 11 is 0. The molecule has 0 bridgehead atoms. The number of nitrogens with zero attached hydrogens (tertiary/aromatic N) is 1. The van der Waals surface area contributed by atoms with Crippen LogP contribution in [0, 0.1) is 0 Å². The zero-order chi connectivity index (χ0) is 15.1. The van der Waals surface area contributed by atoms with E-state index in [9.17, 15) is 4.79 Å². The van der Waals surface area contributed by atoms with Crippen molar-refractivity contribution < 1.29 is 9.53 Å². The van der Waals surface area contributed by atoms with E-state index in [2.05, 4.69) is 17.2 Å². The highest BCUT2D eigenvalue weighted by Gasteiger charge is 2.21. The van der Waals surface area contributed by atoms with Crippen molar-refractivity contribution in [3.05, 3.63) is 66.0 Å². The molecule has 0 spiro atoms. The van der Waals surface area contributed by atoms with Gasteiger partial charge in [0, 0.05) is 25.0 Å². The van der Waals surface area contributed by atoms with Gasteiger partial charge in [0.1, 0.15) is 0 Å². The number of carbonyl (C=O) groups is 1. The predicted octanol–water partition coefficient (Wildman–Crippen LogP) is 2.69. The summed E-state index contributed by atoms with van der Waals surface area (Å²) in [6, 6.07) is 13.7. The summed E-state index contributed by atoms with van der Waals surface area (Å²) in [5, 5.41) is 3.37. The number of aromatic nitrogens is 1. The van der Waals surface area contributed by atoms with Crippen LogP contribution in [0.15, 0.2) is 54.9 Å². The topological polar surface area (TPSA) is 51.2 Å². The Kier molecular flexibility index (Phi) is 5.46. The van der Waals surface area contributed by atoms with Crippen LogP contribution < -0.4 is 5.32 Å². The van der Waals surface area contributed by atoms with E-state index < -0.39 is 0 Å². The van der Waals surface area contributed by atoms with Crippen molar-refractivity contribution in [1.29, 1.82) is 0 Å². The Morgan fingerprint density at radius 3 is 2.52 bits per heavy atom. The fraction of sp³-hybridized carbons (Fsp3) is 0.294. The molecule has 0 saturated carbocycles. The SMILES string of the molecule is COC(=O)C(CNC(C)c1cccnc1)c1ccccc1. The average Bonchev–Trinajstić information content (AvgIpc) is 2.56. The summed E-state index contributed by atoms with van der Waals surface area (Å²) in [4.78, 5) is 16.1. The maximum Gasteiger partial charge on any atom is 0.314 e. The van der Waals surface area contributed by atoms with Gasteiger partial charge in [-0.15, -0.1) is 0 Å². The minimum atomic E-state index is -0.310. The Labute approximate surface area is 125 Å². The number of nitrogens with one attached hydrogen (secondary N) is 1. The van der Waals surface area contributed by atoms with E-state index in [0.29, 0.717) is 6.54 Å². The lowest BCUT2D eigenvalue weighted by Crippen LogP contribution is -2.29. The van der Waals surface area contributed by atoms with Crippen LogP contribution in [0.4, 0.5) is 0 Å². The molecule has 2 unspecified atom stereocenters. The summed E-state index contributed by atoms with van der Waals surface area (Å²) in [5.74, 6) is -0.539. The molecule has 2 rings (SSSR count).